The van der Waals surface area contributed by atoms with Crippen LogP contribution >= 0.6 is 11.3 Å². The molecule has 0 aliphatic carbocycles. The topological polar surface area (TPSA) is 60.9 Å². The highest BCUT2D eigenvalue weighted by Gasteiger charge is 2.50. The molecule has 2 saturated heterocycles. The summed E-state index contributed by atoms with van der Waals surface area (Å²) in [6.07, 6.45) is 0. The Labute approximate surface area is 166 Å². The Morgan fingerprint density at radius 3 is 2.50 bits per heavy atom. The molecule has 2 aromatic rings. The SMILES string of the molecule is CC1(C)CN(C(=O)c2cccs2)CC2C(=O)N(c3ccc(F)cc3)C(=O)N2C1. The highest BCUT2D eigenvalue weighted by atomic mass is 32.1. The van der Waals surface area contributed by atoms with Gasteiger partial charge in [0.05, 0.1) is 17.1 Å². The van der Waals surface area contributed by atoms with Crippen LogP contribution in [0, 0.1) is 11.2 Å². The number of carbonyl (C=O) groups excluding carboxylic acids is 3. The molecule has 0 bridgehead atoms. The molecule has 4 rings (SSSR count). The van der Waals surface area contributed by atoms with Crippen LogP contribution in [0.5, 0.6) is 0 Å². The Kier molecular flexibility index (Phi) is 4.45. The fourth-order valence-electron chi connectivity index (χ4n) is 3.83. The van der Waals surface area contributed by atoms with Gasteiger partial charge < -0.3 is 9.80 Å². The lowest BCUT2D eigenvalue weighted by atomic mass is 9.92. The lowest BCUT2D eigenvalue weighted by molar-refractivity contribution is -0.119. The second-order valence-electron chi connectivity index (χ2n) is 7.90. The summed E-state index contributed by atoms with van der Waals surface area (Å²) in [5, 5.41) is 1.84. The number of carbonyl (C=O) groups is 3. The molecule has 3 heterocycles. The summed E-state index contributed by atoms with van der Waals surface area (Å²) in [7, 11) is 0. The number of fused-ring (bicyclic) bond motifs is 1. The second kappa shape index (κ2) is 6.70. The first kappa shape index (κ1) is 18.6. The van der Waals surface area contributed by atoms with E-state index in [9.17, 15) is 18.8 Å². The van der Waals surface area contributed by atoms with Crippen molar-refractivity contribution in [1.82, 2.24) is 9.80 Å². The molecule has 2 aliphatic heterocycles. The van der Waals surface area contributed by atoms with Crippen molar-refractivity contribution in [2.45, 2.75) is 19.9 Å². The number of hydrogen-bond donors (Lipinski definition) is 0. The van der Waals surface area contributed by atoms with E-state index in [0.29, 0.717) is 23.7 Å². The van der Waals surface area contributed by atoms with Crippen LogP contribution in [0.4, 0.5) is 14.9 Å². The minimum absolute atomic E-state index is 0.134. The summed E-state index contributed by atoms with van der Waals surface area (Å²) < 4.78 is 13.3. The summed E-state index contributed by atoms with van der Waals surface area (Å²) in [5.74, 6) is -0.963. The number of urea groups is 1. The van der Waals surface area contributed by atoms with E-state index in [1.54, 1.807) is 11.0 Å². The normalized spacial score (nSPS) is 21.7. The number of amides is 4. The number of rotatable bonds is 2. The molecule has 0 spiro atoms. The maximum atomic E-state index is 13.3. The third-order valence-corrected chi connectivity index (χ3v) is 5.89. The molecule has 0 radical (unpaired) electrons. The van der Waals surface area contributed by atoms with Crippen LogP contribution in [0.15, 0.2) is 41.8 Å². The molecule has 1 atom stereocenters. The summed E-state index contributed by atoms with van der Waals surface area (Å²) in [6.45, 7) is 4.90. The van der Waals surface area contributed by atoms with E-state index in [2.05, 4.69) is 0 Å². The summed E-state index contributed by atoms with van der Waals surface area (Å²) >= 11 is 1.35. The average molecular weight is 401 g/mol. The summed E-state index contributed by atoms with van der Waals surface area (Å²) in [6, 6.07) is 7.66. The fraction of sp³-hybridized carbons (Fsp3) is 0.350. The quantitative estimate of drug-likeness (QED) is 0.726. The van der Waals surface area contributed by atoms with Crippen LogP contribution in [-0.2, 0) is 4.79 Å². The molecule has 146 valence electrons. The van der Waals surface area contributed by atoms with Gasteiger partial charge in [-0.25, -0.2) is 14.1 Å². The van der Waals surface area contributed by atoms with Crippen molar-refractivity contribution in [1.29, 1.82) is 0 Å². The van der Waals surface area contributed by atoms with Crippen LogP contribution in [0.1, 0.15) is 23.5 Å². The molecule has 4 amide bonds. The van der Waals surface area contributed by atoms with E-state index in [0.717, 1.165) is 4.90 Å². The largest absolute Gasteiger partial charge is 0.335 e. The molecule has 1 aromatic heterocycles. The van der Waals surface area contributed by atoms with Crippen molar-refractivity contribution in [3.63, 3.8) is 0 Å². The minimum Gasteiger partial charge on any atom is -0.335 e. The Hall–Kier alpha value is -2.74. The third kappa shape index (κ3) is 3.17. The zero-order valence-electron chi connectivity index (χ0n) is 15.6. The standard InChI is InChI=1S/C20H20FN3O3S/c1-20(2)11-22(18(26)16-4-3-9-28-16)10-15-17(25)24(19(27)23(15)12-20)14-7-5-13(21)6-8-14/h3-9,15H,10-12H2,1-2H3. The highest BCUT2D eigenvalue weighted by Crippen LogP contribution is 2.33. The van der Waals surface area contributed by atoms with Crippen LogP contribution in [0.3, 0.4) is 0 Å². The van der Waals surface area contributed by atoms with Gasteiger partial charge in [-0.3, -0.25) is 9.59 Å². The smallest absolute Gasteiger partial charge is 0.332 e. The van der Waals surface area contributed by atoms with Crippen LogP contribution < -0.4 is 4.90 Å². The third-order valence-electron chi connectivity index (χ3n) is 5.03. The predicted molar refractivity (Wildman–Crippen MR) is 104 cm³/mol. The van der Waals surface area contributed by atoms with Crippen molar-refractivity contribution >= 4 is 34.9 Å². The molecule has 0 saturated carbocycles. The number of benzene rings is 1. The molecule has 0 N–H and O–H groups in total. The van der Waals surface area contributed by atoms with Gasteiger partial charge in [-0.2, -0.15) is 0 Å². The zero-order chi connectivity index (χ0) is 20.1. The molecular formula is C20H20FN3O3S. The number of nitrogens with zero attached hydrogens (tertiary/aromatic N) is 3. The lowest BCUT2D eigenvalue weighted by Crippen LogP contribution is -2.43. The van der Waals surface area contributed by atoms with E-state index in [4.69, 9.17) is 0 Å². The number of imide groups is 1. The minimum atomic E-state index is -0.747. The van der Waals surface area contributed by atoms with E-state index < -0.39 is 23.8 Å². The molecule has 28 heavy (non-hydrogen) atoms. The molecule has 2 aliphatic rings. The molecule has 8 heteroatoms. The van der Waals surface area contributed by atoms with Gasteiger partial charge in [-0.1, -0.05) is 19.9 Å². The number of halogens is 1. The highest BCUT2D eigenvalue weighted by molar-refractivity contribution is 7.12. The number of anilines is 1. The Bertz CT molecular complexity index is 927. The van der Waals surface area contributed by atoms with Gasteiger partial charge in [0, 0.05) is 18.5 Å². The molecule has 1 aromatic carbocycles. The van der Waals surface area contributed by atoms with Gasteiger partial charge in [-0.05, 0) is 35.7 Å². The van der Waals surface area contributed by atoms with E-state index in [1.165, 1.54) is 40.5 Å². The number of thiophene rings is 1. The Morgan fingerprint density at radius 2 is 1.86 bits per heavy atom. The Balaban J connectivity index is 1.67. The van der Waals surface area contributed by atoms with E-state index >= 15 is 0 Å². The van der Waals surface area contributed by atoms with Crippen molar-refractivity contribution in [2.24, 2.45) is 5.41 Å². The van der Waals surface area contributed by atoms with Crippen molar-refractivity contribution in [3.05, 3.63) is 52.5 Å². The average Bonchev–Trinajstić information content (AvgIpc) is 3.21. The molecule has 6 nitrogen and oxygen atoms in total. The van der Waals surface area contributed by atoms with Crippen molar-refractivity contribution in [3.8, 4) is 0 Å². The molecule has 1 unspecified atom stereocenters. The zero-order valence-corrected chi connectivity index (χ0v) is 16.4. The monoisotopic (exact) mass is 401 g/mol. The van der Waals surface area contributed by atoms with E-state index in [-0.39, 0.29) is 17.9 Å². The maximum Gasteiger partial charge on any atom is 0.332 e. The first-order valence-electron chi connectivity index (χ1n) is 9.00. The van der Waals surface area contributed by atoms with Gasteiger partial charge >= 0.3 is 6.03 Å². The summed E-state index contributed by atoms with van der Waals surface area (Å²) in [4.78, 5) is 43.9. The second-order valence-corrected chi connectivity index (χ2v) is 8.85. The fourth-order valence-corrected chi connectivity index (χ4v) is 4.52. The van der Waals surface area contributed by atoms with Gasteiger partial charge in [0.1, 0.15) is 11.9 Å². The lowest BCUT2D eigenvalue weighted by Gasteiger charge is -2.30. The summed E-state index contributed by atoms with van der Waals surface area (Å²) in [5.41, 5.74) is -0.0467. The van der Waals surface area contributed by atoms with Gasteiger partial charge in [-0.15, -0.1) is 11.3 Å². The Morgan fingerprint density at radius 1 is 1.14 bits per heavy atom. The van der Waals surface area contributed by atoms with Gasteiger partial charge in [0.25, 0.3) is 11.8 Å². The van der Waals surface area contributed by atoms with Crippen LogP contribution in [0.2, 0.25) is 0 Å². The van der Waals surface area contributed by atoms with Crippen molar-refractivity contribution < 1.29 is 18.8 Å². The van der Waals surface area contributed by atoms with Crippen LogP contribution in [-0.4, -0.2) is 53.3 Å². The van der Waals surface area contributed by atoms with Crippen LogP contribution in [0.25, 0.3) is 0 Å². The molecule has 2 fully saturated rings. The number of hydrogen-bond acceptors (Lipinski definition) is 4. The maximum absolute atomic E-state index is 13.3. The van der Waals surface area contributed by atoms with Gasteiger partial charge in [0.15, 0.2) is 0 Å². The predicted octanol–water partition coefficient (Wildman–Crippen LogP) is 3.21. The van der Waals surface area contributed by atoms with E-state index in [1.807, 2.05) is 25.3 Å². The molecular weight excluding hydrogens is 381 g/mol. The first-order valence-corrected chi connectivity index (χ1v) is 9.88. The van der Waals surface area contributed by atoms with Crippen molar-refractivity contribution in [2.75, 3.05) is 24.5 Å². The first-order chi connectivity index (χ1) is 13.3. The van der Waals surface area contributed by atoms with Gasteiger partial charge in [0.2, 0.25) is 0 Å².